The molecule has 2 aliphatic rings. The number of urea groups is 1. The predicted octanol–water partition coefficient (Wildman–Crippen LogP) is 5.12. The number of ether oxygens (including phenoxy) is 2. The first-order valence-electron chi connectivity index (χ1n) is 13.8. The summed E-state index contributed by atoms with van der Waals surface area (Å²) in [4.78, 5) is 35.6. The van der Waals surface area contributed by atoms with Crippen molar-refractivity contribution in [2.24, 2.45) is 16.3 Å². The van der Waals surface area contributed by atoms with Crippen LogP contribution in [-0.4, -0.2) is 73.2 Å². The number of nitrogens with one attached hydrogen (secondary N) is 2. The second-order valence-corrected chi connectivity index (χ2v) is 11.4. The number of likely N-dealkylation sites (tertiary alicyclic amines) is 1. The highest BCUT2D eigenvalue weighted by Crippen LogP contribution is 2.36. The number of rotatable bonds is 11. The topological polar surface area (TPSA) is 125 Å². The maximum Gasteiger partial charge on any atom is 0.321 e. The monoisotopic (exact) mass is 569 g/mol. The number of benzene rings is 1. The molecule has 1 aromatic heterocycles. The van der Waals surface area contributed by atoms with Crippen LogP contribution in [0.5, 0.6) is 0 Å². The van der Waals surface area contributed by atoms with Crippen LogP contribution in [0.3, 0.4) is 0 Å². The van der Waals surface area contributed by atoms with Gasteiger partial charge in [-0.15, -0.1) is 0 Å². The zero-order chi connectivity index (χ0) is 28.7. The summed E-state index contributed by atoms with van der Waals surface area (Å²) in [5.41, 5.74) is 3.03. The van der Waals surface area contributed by atoms with E-state index in [1.165, 1.54) is 11.3 Å². The number of carbonyl (C=O) groups excluding carboxylic acids is 1. The Balaban J connectivity index is 1.62. The zero-order valence-corrected chi connectivity index (χ0v) is 24.5. The van der Waals surface area contributed by atoms with E-state index >= 15 is 0 Å². The molecule has 3 heterocycles. The third kappa shape index (κ3) is 7.07. The molecule has 2 aliphatic heterocycles. The zero-order valence-electron chi connectivity index (χ0n) is 23.7. The number of aromatic nitrogens is 1. The minimum atomic E-state index is -0.732. The molecule has 1 unspecified atom stereocenters. The minimum absolute atomic E-state index is 0.169. The summed E-state index contributed by atoms with van der Waals surface area (Å²) in [6.45, 7) is 9.04. The second-order valence-electron chi connectivity index (χ2n) is 10.4. The highest BCUT2D eigenvalue weighted by molar-refractivity contribution is 7.22. The number of carbonyl (C=O) groups is 2. The van der Waals surface area contributed by atoms with Crippen molar-refractivity contribution < 1.29 is 24.2 Å². The van der Waals surface area contributed by atoms with E-state index in [4.69, 9.17) is 19.5 Å². The molecule has 2 amide bonds. The van der Waals surface area contributed by atoms with Gasteiger partial charge in [-0.3, -0.25) is 10.1 Å². The standard InChI is InChI=1S/C29H39N5O5S/c1-5-19-13-21(17-31-24(14-19)34-9-7-29(3,8-10-34)26(35)36)20-15-22(18-39-12-11-38-4)25-23(16-20)32-28(40-25)33-27(37)30-6-2/h13-17,19H,5-12,18H2,1-4H3,(H,35,36)(H2,30,32,33,37). The van der Waals surface area contributed by atoms with Gasteiger partial charge in [0.05, 0.1) is 35.5 Å². The molecule has 1 saturated heterocycles. The maximum atomic E-state index is 12.1. The van der Waals surface area contributed by atoms with Crippen molar-refractivity contribution in [2.75, 3.05) is 45.3 Å². The van der Waals surface area contributed by atoms with Crippen molar-refractivity contribution in [1.82, 2.24) is 15.2 Å². The molecule has 4 rings (SSSR count). The predicted molar refractivity (Wildman–Crippen MR) is 159 cm³/mol. The van der Waals surface area contributed by atoms with Crippen LogP contribution in [0.15, 0.2) is 35.1 Å². The fourth-order valence-corrected chi connectivity index (χ4v) is 5.72. The molecule has 216 valence electrons. The fourth-order valence-electron chi connectivity index (χ4n) is 4.78. The molecule has 1 aromatic carbocycles. The van der Waals surface area contributed by atoms with Gasteiger partial charge in [-0.25, -0.2) is 14.8 Å². The molecular formula is C29H39N5O5S. The number of thiazole rings is 1. The Morgan fingerprint density at radius 2 is 1.98 bits per heavy atom. The molecular weight excluding hydrogens is 530 g/mol. The van der Waals surface area contributed by atoms with Crippen LogP contribution in [0, 0.1) is 11.3 Å². The van der Waals surface area contributed by atoms with Gasteiger partial charge in [0.25, 0.3) is 0 Å². The first-order chi connectivity index (χ1) is 19.3. The highest BCUT2D eigenvalue weighted by Gasteiger charge is 2.37. The number of methoxy groups -OCH3 is 1. The minimum Gasteiger partial charge on any atom is -0.481 e. The molecule has 3 N–H and O–H groups in total. The summed E-state index contributed by atoms with van der Waals surface area (Å²) < 4.78 is 12.0. The van der Waals surface area contributed by atoms with Crippen molar-refractivity contribution in [1.29, 1.82) is 0 Å². The summed E-state index contributed by atoms with van der Waals surface area (Å²) in [6.07, 6.45) is 8.38. The van der Waals surface area contributed by atoms with Gasteiger partial charge in [-0.05, 0) is 73.9 Å². The van der Waals surface area contributed by atoms with Gasteiger partial charge < -0.3 is 24.8 Å². The number of nitrogens with zero attached hydrogens (tertiary/aromatic N) is 3. The average molecular weight is 570 g/mol. The molecule has 0 spiro atoms. The van der Waals surface area contributed by atoms with Crippen LogP contribution in [-0.2, 0) is 20.9 Å². The number of carboxylic acid groups (broad SMARTS) is 1. The van der Waals surface area contributed by atoms with Crippen molar-refractivity contribution in [2.45, 2.75) is 46.6 Å². The van der Waals surface area contributed by atoms with Gasteiger partial charge in [0.1, 0.15) is 5.82 Å². The smallest absolute Gasteiger partial charge is 0.321 e. The number of fused-ring (bicyclic) bond motifs is 1. The van der Waals surface area contributed by atoms with Crippen molar-refractivity contribution >= 4 is 50.5 Å². The molecule has 40 heavy (non-hydrogen) atoms. The third-order valence-corrected chi connectivity index (χ3v) is 8.48. The number of aliphatic imine (C=N–C) groups is 1. The average Bonchev–Trinajstić information content (AvgIpc) is 3.21. The number of allylic oxidation sites excluding steroid dienone is 3. The summed E-state index contributed by atoms with van der Waals surface area (Å²) in [5, 5.41) is 15.7. The molecule has 0 radical (unpaired) electrons. The summed E-state index contributed by atoms with van der Waals surface area (Å²) >= 11 is 1.42. The van der Waals surface area contributed by atoms with E-state index in [0.717, 1.165) is 39.2 Å². The van der Waals surface area contributed by atoms with E-state index in [2.05, 4.69) is 40.7 Å². The second kappa shape index (κ2) is 13.4. The Hall–Kier alpha value is -3.28. The van der Waals surface area contributed by atoms with E-state index < -0.39 is 11.4 Å². The van der Waals surface area contributed by atoms with Crippen LogP contribution in [0.4, 0.5) is 9.93 Å². The Bertz CT molecular complexity index is 1310. The van der Waals surface area contributed by atoms with Gasteiger partial charge in [0.15, 0.2) is 5.13 Å². The van der Waals surface area contributed by atoms with Gasteiger partial charge in [0.2, 0.25) is 0 Å². The van der Waals surface area contributed by atoms with Crippen LogP contribution >= 0.6 is 11.3 Å². The van der Waals surface area contributed by atoms with E-state index in [0.29, 0.717) is 57.4 Å². The SMILES string of the molecule is CCNC(=O)Nc1nc2cc(C3=CC(CC)C=C(N4CCC(C)(C(=O)O)CC4)N=C3)cc(COCCOC)c2s1. The number of amides is 2. The normalized spacial score (nSPS) is 18.7. The van der Waals surface area contributed by atoms with E-state index in [9.17, 15) is 14.7 Å². The lowest BCUT2D eigenvalue weighted by atomic mass is 9.80. The van der Waals surface area contributed by atoms with Crippen LogP contribution < -0.4 is 10.6 Å². The number of piperidine rings is 1. The Labute approximate surface area is 239 Å². The maximum absolute atomic E-state index is 12.1. The Kier molecular flexibility index (Phi) is 9.94. The van der Waals surface area contributed by atoms with Crippen molar-refractivity contribution in [3.8, 4) is 0 Å². The summed E-state index contributed by atoms with van der Waals surface area (Å²) in [6, 6.07) is 3.85. The fraction of sp³-hybridized carbons (Fsp3) is 0.517. The largest absolute Gasteiger partial charge is 0.481 e. The first kappa shape index (κ1) is 29.7. The quantitative estimate of drug-likeness (QED) is 0.321. The van der Waals surface area contributed by atoms with Crippen LogP contribution in [0.1, 0.15) is 51.2 Å². The third-order valence-electron chi connectivity index (χ3n) is 7.42. The number of anilines is 1. The lowest BCUT2D eigenvalue weighted by molar-refractivity contribution is -0.150. The van der Waals surface area contributed by atoms with E-state index in [-0.39, 0.29) is 11.9 Å². The van der Waals surface area contributed by atoms with E-state index in [1.807, 2.05) is 26.1 Å². The molecule has 0 saturated carbocycles. The highest BCUT2D eigenvalue weighted by atomic mass is 32.1. The van der Waals surface area contributed by atoms with Gasteiger partial charge in [-0.1, -0.05) is 24.3 Å². The number of hydrogen-bond acceptors (Lipinski definition) is 8. The van der Waals surface area contributed by atoms with E-state index in [1.54, 1.807) is 7.11 Å². The molecule has 0 aliphatic carbocycles. The molecule has 11 heteroatoms. The summed E-state index contributed by atoms with van der Waals surface area (Å²) in [5.74, 6) is 0.323. The van der Waals surface area contributed by atoms with Crippen LogP contribution in [0.2, 0.25) is 0 Å². The Morgan fingerprint density at radius 1 is 1.20 bits per heavy atom. The number of hydrogen-bond donors (Lipinski definition) is 3. The lowest BCUT2D eigenvalue weighted by Crippen LogP contribution is -2.42. The van der Waals surface area contributed by atoms with Crippen molar-refractivity contribution in [3.63, 3.8) is 0 Å². The van der Waals surface area contributed by atoms with Crippen LogP contribution in [0.25, 0.3) is 15.8 Å². The molecule has 1 fully saturated rings. The lowest BCUT2D eigenvalue weighted by Gasteiger charge is -2.37. The van der Waals surface area contributed by atoms with Crippen molar-refractivity contribution in [3.05, 3.63) is 41.2 Å². The van der Waals surface area contributed by atoms with Gasteiger partial charge in [0, 0.05) is 33.0 Å². The Morgan fingerprint density at radius 3 is 2.65 bits per heavy atom. The molecule has 0 bridgehead atoms. The summed E-state index contributed by atoms with van der Waals surface area (Å²) in [7, 11) is 1.64. The first-order valence-corrected chi connectivity index (χ1v) is 14.6. The van der Waals surface area contributed by atoms with Gasteiger partial charge in [-0.2, -0.15) is 0 Å². The molecule has 1 atom stereocenters. The number of aliphatic carboxylic acids is 1. The molecule has 2 aromatic rings. The number of carboxylic acids is 1. The molecule has 10 nitrogen and oxygen atoms in total. The van der Waals surface area contributed by atoms with Gasteiger partial charge >= 0.3 is 12.0 Å².